The van der Waals surface area contributed by atoms with E-state index in [-0.39, 0.29) is 0 Å². The lowest BCUT2D eigenvalue weighted by Gasteiger charge is -2.19. The molecule has 0 unspecified atom stereocenters. The third-order valence-corrected chi connectivity index (χ3v) is 5.05. The molecule has 1 aliphatic heterocycles. The zero-order valence-electron chi connectivity index (χ0n) is 6.75. The highest BCUT2D eigenvalue weighted by Crippen LogP contribution is 2.36. The SMILES string of the molecule is Brc1ccc(C2CCSCC2)s1. The van der Waals surface area contributed by atoms with E-state index in [4.69, 9.17) is 0 Å². The van der Waals surface area contributed by atoms with Crippen molar-refractivity contribution in [1.29, 1.82) is 0 Å². The smallest absolute Gasteiger partial charge is 0.0701 e. The van der Waals surface area contributed by atoms with Crippen molar-refractivity contribution >= 4 is 39.0 Å². The summed E-state index contributed by atoms with van der Waals surface area (Å²) in [6.45, 7) is 0. The van der Waals surface area contributed by atoms with E-state index in [9.17, 15) is 0 Å². The Bertz CT molecular complexity index is 251. The first-order valence-electron chi connectivity index (χ1n) is 4.19. The predicted octanol–water partition coefficient (Wildman–Crippen LogP) is 4.12. The van der Waals surface area contributed by atoms with Gasteiger partial charge in [0.15, 0.2) is 0 Å². The van der Waals surface area contributed by atoms with Crippen molar-refractivity contribution in [1.82, 2.24) is 0 Å². The molecule has 3 heteroatoms. The molecule has 0 aromatic carbocycles. The first-order valence-corrected chi connectivity index (χ1v) is 6.95. The number of thioether (sulfide) groups is 1. The van der Waals surface area contributed by atoms with Gasteiger partial charge in [-0.25, -0.2) is 0 Å². The molecule has 0 N–H and O–H groups in total. The Morgan fingerprint density at radius 3 is 2.58 bits per heavy atom. The van der Waals surface area contributed by atoms with E-state index in [1.165, 1.54) is 28.1 Å². The zero-order valence-corrected chi connectivity index (χ0v) is 9.97. The van der Waals surface area contributed by atoms with Gasteiger partial charge in [0.25, 0.3) is 0 Å². The lowest BCUT2D eigenvalue weighted by molar-refractivity contribution is 0.648. The van der Waals surface area contributed by atoms with E-state index in [1.54, 1.807) is 4.88 Å². The molecular weight excluding hydrogens is 252 g/mol. The van der Waals surface area contributed by atoms with Gasteiger partial charge in [-0.3, -0.25) is 0 Å². The van der Waals surface area contributed by atoms with Crippen molar-refractivity contribution in [2.45, 2.75) is 18.8 Å². The van der Waals surface area contributed by atoms with Gasteiger partial charge >= 0.3 is 0 Å². The van der Waals surface area contributed by atoms with Crippen LogP contribution >= 0.6 is 39.0 Å². The minimum Gasteiger partial charge on any atom is -0.162 e. The van der Waals surface area contributed by atoms with Gasteiger partial charge in [0.1, 0.15) is 0 Å². The van der Waals surface area contributed by atoms with Crippen molar-refractivity contribution in [2.75, 3.05) is 11.5 Å². The fourth-order valence-corrected chi connectivity index (χ4v) is 4.23. The number of halogens is 1. The molecule has 0 radical (unpaired) electrons. The van der Waals surface area contributed by atoms with Crippen molar-refractivity contribution in [3.63, 3.8) is 0 Å². The monoisotopic (exact) mass is 262 g/mol. The van der Waals surface area contributed by atoms with Crippen LogP contribution in [0.1, 0.15) is 23.6 Å². The summed E-state index contributed by atoms with van der Waals surface area (Å²) in [5.41, 5.74) is 0. The predicted molar refractivity (Wildman–Crippen MR) is 61.3 cm³/mol. The number of rotatable bonds is 1. The van der Waals surface area contributed by atoms with E-state index < -0.39 is 0 Å². The summed E-state index contributed by atoms with van der Waals surface area (Å²) in [7, 11) is 0. The molecule has 1 aromatic heterocycles. The highest BCUT2D eigenvalue weighted by molar-refractivity contribution is 9.11. The van der Waals surface area contributed by atoms with Crippen LogP contribution in [0.15, 0.2) is 15.9 Å². The van der Waals surface area contributed by atoms with Crippen LogP contribution in [0.25, 0.3) is 0 Å². The molecule has 0 aliphatic carbocycles. The van der Waals surface area contributed by atoms with E-state index in [2.05, 4.69) is 39.8 Å². The summed E-state index contributed by atoms with van der Waals surface area (Å²) in [5, 5.41) is 0. The topological polar surface area (TPSA) is 0 Å². The summed E-state index contributed by atoms with van der Waals surface area (Å²) in [6, 6.07) is 4.44. The van der Waals surface area contributed by atoms with Crippen LogP contribution in [0, 0.1) is 0 Å². The molecule has 2 heterocycles. The van der Waals surface area contributed by atoms with Gasteiger partial charge in [-0.15, -0.1) is 11.3 Å². The Morgan fingerprint density at radius 2 is 2.00 bits per heavy atom. The molecule has 2 rings (SSSR count). The summed E-state index contributed by atoms with van der Waals surface area (Å²) in [6.07, 6.45) is 2.75. The molecule has 0 spiro atoms. The van der Waals surface area contributed by atoms with E-state index in [1.807, 2.05) is 11.3 Å². The standard InChI is InChI=1S/C9H11BrS2/c10-9-2-1-8(12-9)7-3-5-11-6-4-7/h1-2,7H,3-6H2. The highest BCUT2D eigenvalue weighted by Gasteiger charge is 2.16. The second-order valence-electron chi connectivity index (χ2n) is 3.03. The molecule has 66 valence electrons. The first-order chi connectivity index (χ1) is 5.86. The molecule has 1 aliphatic rings. The van der Waals surface area contributed by atoms with E-state index >= 15 is 0 Å². The van der Waals surface area contributed by atoms with Crippen molar-refractivity contribution in [2.24, 2.45) is 0 Å². The summed E-state index contributed by atoms with van der Waals surface area (Å²) >= 11 is 7.51. The van der Waals surface area contributed by atoms with Crippen LogP contribution in [0.4, 0.5) is 0 Å². The van der Waals surface area contributed by atoms with E-state index in [0.717, 1.165) is 5.92 Å². The number of hydrogen-bond acceptors (Lipinski definition) is 2. The summed E-state index contributed by atoms with van der Waals surface area (Å²) < 4.78 is 1.27. The van der Waals surface area contributed by atoms with Gasteiger partial charge in [0.05, 0.1) is 3.79 Å². The van der Waals surface area contributed by atoms with Gasteiger partial charge in [0, 0.05) is 4.88 Å². The lowest BCUT2D eigenvalue weighted by atomic mass is 10.0. The normalized spacial score (nSPS) is 19.8. The van der Waals surface area contributed by atoms with Gasteiger partial charge in [-0.05, 0) is 58.3 Å². The third-order valence-electron chi connectivity index (χ3n) is 2.22. The second-order valence-corrected chi connectivity index (χ2v) is 6.75. The lowest BCUT2D eigenvalue weighted by Crippen LogP contribution is -2.05. The fourth-order valence-electron chi connectivity index (χ4n) is 1.53. The molecule has 0 bridgehead atoms. The third kappa shape index (κ3) is 2.06. The van der Waals surface area contributed by atoms with Gasteiger partial charge in [-0.2, -0.15) is 11.8 Å². The van der Waals surface area contributed by atoms with Gasteiger partial charge in [-0.1, -0.05) is 0 Å². The molecular formula is C9H11BrS2. The summed E-state index contributed by atoms with van der Waals surface area (Å²) in [4.78, 5) is 1.57. The summed E-state index contributed by atoms with van der Waals surface area (Å²) in [5.74, 6) is 3.54. The van der Waals surface area contributed by atoms with Crippen molar-refractivity contribution in [3.05, 3.63) is 20.8 Å². The van der Waals surface area contributed by atoms with E-state index in [0.29, 0.717) is 0 Å². The molecule has 1 fully saturated rings. The number of thiophene rings is 1. The average molecular weight is 263 g/mol. The maximum absolute atomic E-state index is 3.51. The van der Waals surface area contributed by atoms with Crippen LogP contribution in [-0.4, -0.2) is 11.5 Å². The van der Waals surface area contributed by atoms with Crippen LogP contribution in [0.2, 0.25) is 0 Å². The zero-order chi connectivity index (χ0) is 8.39. The first kappa shape index (κ1) is 9.10. The van der Waals surface area contributed by atoms with Crippen molar-refractivity contribution < 1.29 is 0 Å². The molecule has 0 amide bonds. The van der Waals surface area contributed by atoms with Crippen LogP contribution in [0.3, 0.4) is 0 Å². The van der Waals surface area contributed by atoms with Crippen molar-refractivity contribution in [3.8, 4) is 0 Å². The quantitative estimate of drug-likeness (QED) is 0.734. The molecule has 1 saturated heterocycles. The molecule has 1 aromatic rings. The Balaban J connectivity index is 2.08. The minimum atomic E-state index is 0.850. The maximum atomic E-state index is 3.51. The maximum Gasteiger partial charge on any atom is 0.0701 e. The van der Waals surface area contributed by atoms with Crippen LogP contribution in [0.5, 0.6) is 0 Å². The average Bonchev–Trinajstić information content (AvgIpc) is 2.54. The highest BCUT2D eigenvalue weighted by atomic mass is 79.9. The minimum absolute atomic E-state index is 0.850. The molecule has 0 nitrogen and oxygen atoms in total. The Labute approximate surface area is 89.9 Å². The Morgan fingerprint density at radius 1 is 1.25 bits per heavy atom. The fraction of sp³-hybridized carbons (Fsp3) is 0.556. The van der Waals surface area contributed by atoms with Gasteiger partial charge < -0.3 is 0 Å². The Hall–Kier alpha value is 0.530. The largest absolute Gasteiger partial charge is 0.162 e. The molecule has 0 atom stereocenters. The second kappa shape index (κ2) is 4.16. The van der Waals surface area contributed by atoms with Crippen LogP contribution in [-0.2, 0) is 0 Å². The molecule has 12 heavy (non-hydrogen) atoms. The Kier molecular flexibility index (Phi) is 3.15. The van der Waals surface area contributed by atoms with Crippen LogP contribution < -0.4 is 0 Å². The molecule has 0 saturated carbocycles. The van der Waals surface area contributed by atoms with Gasteiger partial charge in [0.2, 0.25) is 0 Å². The number of hydrogen-bond donors (Lipinski definition) is 0.